The second kappa shape index (κ2) is 14.4. The van der Waals surface area contributed by atoms with Gasteiger partial charge in [0.05, 0.1) is 36.2 Å². The molecule has 0 aromatic heterocycles. The van der Waals surface area contributed by atoms with E-state index in [1.165, 1.54) is 19.2 Å². The zero-order valence-electron chi connectivity index (χ0n) is 25.3. The molecule has 1 fully saturated rings. The summed E-state index contributed by atoms with van der Waals surface area (Å²) in [7, 11) is 5.08. The summed E-state index contributed by atoms with van der Waals surface area (Å²) in [6.45, 7) is 3.92. The molecule has 2 heterocycles. The van der Waals surface area contributed by atoms with Crippen LogP contribution in [0.25, 0.3) is 11.3 Å². The third kappa shape index (κ3) is 6.99. The van der Waals surface area contributed by atoms with Crippen molar-refractivity contribution in [1.29, 1.82) is 0 Å². The molecule has 2 aliphatic heterocycles. The highest BCUT2D eigenvalue weighted by Crippen LogP contribution is 2.42. The SMILES string of the molecule is COC(=O)c1ccc2c(c1)N(C(=O)NN)C(=O)/C2=C(\Nc1ccc(N(C)C(=O)CN2CCN(C)CC2)cc1)c1ccccc1.Cl. The van der Waals surface area contributed by atoms with E-state index in [0.29, 0.717) is 29.1 Å². The Labute approximate surface area is 267 Å². The van der Waals surface area contributed by atoms with Crippen molar-refractivity contribution >= 4 is 64.6 Å². The number of carbonyl (C=O) groups is 4. The molecule has 0 aliphatic carbocycles. The van der Waals surface area contributed by atoms with Crippen LogP contribution in [-0.4, -0.2) is 87.5 Å². The summed E-state index contributed by atoms with van der Waals surface area (Å²) in [5.74, 6) is 4.19. The molecule has 0 unspecified atom stereocenters. The first-order valence-corrected chi connectivity index (χ1v) is 14.1. The van der Waals surface area contributed by atoms with Gasteiger partial charge in [-0.1, -0.05) is 36.4 Å². The van der Waals surface area contributed by atoms with Gasteiger partial charge in [0.1, 0.15) is 0 Å². The summed E-state index contributed by atoms with van der Waals surface area (Å²) in [5.41, 5.74) is 5.55. The number of nitrogens with one attached hydrogen (secondary N) is 2. The number of rotatable bonds is 7. The van der Waals surface area contributed by atoms with Crippen molar-refractivity contribution in [2.24, 2.45) is 5.84 Å². The highest BCUT2D eigenvalue weighted by molar-refractivity contribution is 6.44. The van der Waals surface area contributed by atoms with Gasteiger partial charge in [0, 0.05) is 50.2 Å². The maximum Gasteiger partial charge on any atom is 0.343 e. The summed E-state index contributed by atoms with van der Waals surface area (Å²) in [6.07, 6.45) is 0. The van der Waals surface area contributed by atoms with Crippen LogP contribution in [0.15, 0.2) is 72.8 Å². The molecule has 3 aromatic carbocycles. The number of imide groups is 1. The number of nitrogens with zero attached hydrogens (tertiary/aromatic N) is 4. The summed E-state index contributed by atoms with van der Waals surface area (Å²) < 4.78 is 4.83. The Bertz CT molecular complexity index is 1610. The Kier molecular flexibility index (Phi) is 10.6. The van der Waals surface area contributed by atoms with E-state index in [1.807, 2.05) is 60.0 Å². The number of anilines is 3. The van der Waals surface area contributed by atoms with Crippen LogP contribution in [0.1, 0.15) is 21.5 Å². The van der Waals surface area contributed by atoms with Crippen LogP contribution >= 0.6 is 12.4 Å². The summed E-state index contributed by atoms with van der Waals surface area (Å²) in [5, 5.41) is 3.36. The smallest absolute Gasteiger partial charge is 0.343 e. The zero-order valence-corrected chi connectivity index (χ0v) is 26.1. The average molecular weight is 634 g/mol. The number of methoxy groups -OCH3 is 1. The van der Waals surface area contributed by atoms with Gasteiger partial charge in [-0.05, 0) is 49.0 Å². The minimum Gasteiger partial charge on any atom is -0.465 e. The number of urea groups is 1. The number of carbonyl (C=O) groups excluding carboxylic acids is 4. The summed E-state index contributed by atoms with van der Waals surface area (Å²) >= 11 is 0. The number of halogens is 1. The lowest BCUT2D eigenvalue weighted by molar-refractivity contribution is -0.119. The standard InChI is InChI=1S/C32H35N7O5.ClH/c1-36-15-17-38(18-16-36)20-27(40)37(2)24-12-10-23(11-13-24)34-29(21-7-5-4-6-8-21)28-25-14-9-22(31(42)44-3)19-26(25)39(30(28)41)32(43)35-33;/h4-14,19,34H,15-18,20,33H2,1-3H3,(H,35,43);1H/b29-28-;. The maximum atomic E-state index is 13.9. The van der Waals surface area contributed by atoms with Gasteiger partial charge in [0.25, 0.3) is 5.91 Å². The lowest BCUT2D eigenvalue weighted by Crippen LogP contribution is -2.48. The Hall–Kier alpha value is -4.75. The predicted molar refractivity (Wildman–Crippen MR) is 176 cm³/mol. The normalized spacial score (nSPS) is 15.9. The maximum absolute atomic E-state index is 13.9. The van der Waals surface area contributed by atoms with E-state index >= 15 is 0 Å². The van der Waals surface area contributed by atoms with Crippen LogP contribution in [0.5, 0.6) is 0 Å². The highest BCUT2D eigenvalue weighted by atomic mass is 35.5. The molecule has 5 rings (SSSR count). The molecule has 3 aromatic rings. The quantitative estimate of drug-likeness (QED) is 0.118. The number of hydrogen-bond donors (Lipinski definition) is 3. The van der Waals surface area contributed by atoms with Crippen molar-refractivity contribution in [2.45, 2.75) is 0 Å². The monoisotopic (exact) mass is 633 g/mol. The van der Waals surface area contributed by atoms with Crippen LogP contribution in [0.2, 0.25) is 0 Å². The first-order chi connectivity index (χ1) is 21.2. The van der Waals surface area contributed by atoms with E-state index < -0.39 is 17.9 Å². The number of hydrogen-bond acceptors (Lipinski definition) is 9. The fourth-order valence-electron chi connectivity index (χ4n) is 5.26. The van der Waals surface area contributed by atoms with Crippen molar-refractivity contribution < 1.29 is 23.9 Å². The van der Waals surface area contributed by atoms with Crippen molar-refractivity contribution in [3.63, 3.8) is 0 Å². The van der Waals surface area contributed by atoms with Crippen molar-refractivity contribution in [1.82, 2.24) is 15.2 Å². The van der Waals surface area contributed by atoms with Gasteiger partial charge in [-0.3, -0.25) is 19.9 Å². The van der Waals surface area contributed by atoms with Gasteiger partial charge in [-0.25, -0.2) is 20.3 Å². The van der Waals surface area contributed by atoms with Crippen LogP contribution < -0.4 is 26.4 Å². The van der Waals surface area contributed by atoms with Gasteiger partial charge < -0.3 is 19.9 Å². The van der Waals surface area contributed by atoms with E-state index in [4.69, 9.17) is 10.6 Å². The molecular formula is C32H36ClN7O5. The second-order valence-corrected chi connectivity index (χ2v) is 10.6. The number of nitrogens with two attached hydrogens (primary N) is 1. The van der Waals surface area contributed by atoms with Crippen LogP contribution in [0, 0.1) is 0 Å². The molecule has 1 saturated heterocycles. The molecule has 4 amide bonds. The van der Waals surface area contributed by atoms with Crippen molar-refractivity contribution in [3.8, 4) is 0 Å². The van der Waals surface area contributed by atoms with E-state index in [1.54, 1.807) is 18.0 Å². The number of ether oxygens (including phenoxy) is 1. The van der Waals surface area contributed by atoms with Crippen LogP contribution in [0.3, 0.4) is 0 Å². The topological polar surface area (TPSA) is 141 Å². The van der Waals surface area contributed by atoms with Crippen LogP contribution in [-0.2, 0) is 14.3 Å². The number of amides is 4. The molecule has 45 heavy (non-hydrogen) atoms. The Morgan fingerprint density at radius 3 is 2.22 bits per heavy atom. The van der Waals surface area contributed by atoms with Crippen molar-refractivity contribution in [2.75, 3.05) is 69.0 Å². The fraction of sp³-hybridized carbons (Fsp3) is 0.250. The van der Waals surface area contributed by atoms with Crippen molar-refractivity contribution in [3.05, 3.63) is 89.5 Å². The summed E-state index contributed by atoms with van der Waals surface area (Å²) in [6, 6.07) is 20.2. The number of benzene rings is 3. The molecule has 236 valence electrons. The fourth-order valence-corrected chi connectivity index (χ4v) is 5.26. The van der Waals surface area contributed by atoms with Gasteiger partial charge in [-0.15, -0.1) is 12.4 Å². The molecule has 13 heteroatoms. The summed E-state index contributed by atoms with van der Waals surface area (Å²) in [4.78, 5) is 58.8. The minimum absolute atomic E-state index is 0. The number of fused-ring (bicyclic) bond motifs is 1. The lowest BCUT2D eigenvalue weighted by Gasteiger charge is -2.32. The molecule has 0 saturated carbocycles. The Morgan fingerprint density at radius 2 is 1.60 bits per heavy atom. The Balaban J connectivity index is 0.00000461. The van der Waals surface area contributed by atoms with E-state index in [9.17, 15) is 19.2 Å². The van der Waals surface area contributed by atoms with Gasteiger partial charge in [0.2, 0.25) is 5.91 Å². The minimum atomic E-state index is -0.852. The van der Waals surface area contributed by atoms with E-state index in [0.717, 1.165) is 36.8 Å². The number of piperazine rings is 1. The van der Waals surface area contributed by atoms with E-state index in [-0.39, 0.29) is 35.1 Å². The first-order valence-electron chi connectivity index (χ1n) is 14.1. The highest BCUT2D eigenvalue weighted by Gasteiger charge is 2.39. The molecule has 0 spiro atoms. The molecule has 0 radical (unpaired) electrons. The largest absolute Gasteiger partial charge is 0.465 e. The molecule has 12 nitrogen and oxygen atoms in total. The predicted octanol–water partition coefficient (Wildman–Crippen LogP) is 3.02. The third-order valence-electron chi connectivity index (χ3n) is 7.84. The average Bonchev–Trinajstić information content (AvgIpc) is 3.34. The first kappa shape index (κ1) is 33.1. The van der Waals surface area contributed by atoms with E-state index in [2.05, 4.69) is 22.2 Å². The zero-order chi connectivity index (χ0) is 31.4. The number of likely N-dealkylation sites (N-methyl/N-ethyl adjacent to an activating group) is 2. The molecule has 0 bridgehead atoms. The molecule has 4 N–H and O–H groups in total. The third-order valence-corrected chi connectivity index (χ3v) is 7.84. The molecular weight excluding hydrogens is 598 g/mol. The van der Waals surface area contributed by atoms with Crippen LogP contribution in [0.4, 0.5) is 21.9 Å². The lowest BCUT2D eigenvalue weighted by atomic mass is 9.99. The number of hydrazine groups is 1. The van der Waals surface area contributed by atoms with Gasteiger partial charge in [-0.2, -0.15) is 0 Å². The Morgan fingerprint density at radius 1 is 0.933 bits per heavy atom. The van der Waals surface area contributed by atoms with Gasteiger partial charge in [0.15, 0.2) is 0 Å². The van der Waals surface area contributed by atoms with Gasteiger partial charge >= 0.3 is 12.0 Å². The molecule has 0 atom stereocenters. The molecule has 2 aliphatic rings. The second-order valence-electron chi connectivity index (χ2n) is 10.6. The number of esters is 1.